The zero-order chi connectivity index (χ0) is 14.6. The summed E-state index contributed by atoms with van der Waals surface area (Å²) in [5.41, 5.74) is 3.77. The Labute approximate surface area is 125 Å². The van der Waals surface area contributed by atoms with E-state index in [9.17, 15) is 0 Å². The molecule has 0 atom stereocenters. The molecule has 0 aromatic heterocycles. The van der Waals surface area contributed by atoms with Gasteiger partial charge in [0.15, 0.2) is 5.11 Å². The normalized spacial score (nSPS) is 10.9. The Morgan fingerprint density at radius 3 is 2.95 bits per heavy atom. The minimum Gasteiger partial charge on any atom is -0.496 e. The molecule has 0 aliphatic heterocycles. The van der Waals surface area contributed by atoms with Gasteiger partial charge in [0.1, 0.15) is 5.75 Å². The molecule has 1 aromatic carbocycles. The maximum atomic E-state index is 5.25. The van der Waals surface area contributed by atoms with Crippen molar-refractivity contribution in [2.24, 2.45) is 5.10 Å². The SMILES string of the molecule is CCCCNC(=S)N/N=C\C=C\c1ccccc1OC. The molecule has 1 aromatic rings. The van der Waals surface area contributed by atoms with Crippen molar-refractivity contribution < 1.29 is 4.74 Å². The van der Waals surface area contributed by atoms with Crippen molar-refractivity contribution in [2.45, 2.75) is 19.8 Å². The summed E-state index contributed by atoms with van der Waals surface area (Å²) in [6.07, 6.45) is 7.65. The summed E-state index contributed by atoms with van der Waals surface area (Å²) in [6, 6.07) is 7.80. The fourth-order valence-corrected chi connectivity index (χ4v) is 1.66. The van der Waals surface area contributed by atoms with Gasteiger partial charge in [-0.3, -0.25) is 5.43 Å². The van der Waals surface area contributed by atoms with Gasteiger partial charge >= 0.3 is 0 Å². The number of ether oxygens (including phenoxy) is 1. The van der Waals surface area contributed by atoms with Gasteiger partial charge in [-0.2, -0.15) is 5.10 Å². The van der Waals surface area contributed by atoms with Crippen LogP contribution in [0.15, 0.2) is 35.4 Å². The van der Waals surface area contributed by atoms with Crippen molar-refractivity contribution in [2.75, 3.05) is 13.7 Å². The van der Waals surface area contributed by atoms with E-state index in [0.717, 1.165) is 30.7 Å². The van der Waals surface area contributed by atoms with Crippen LogP contribution in [0.2, 0.25) is 0 Å². The summed E-state index contributed by atoms with van der Waals surface area (Å²) < 4.78 is 5.25. The average molecular weight is 291 g/mol. The highest BCUT2D eigenvalue weighted by Crippen LogP contribution is 2.18. The molecular formula is C15H21N3OS. The van der Waals surface area contributed by atoms with Crippen LogP contribution in [-0.4, -0.2) is 25.0 Å². The molecule has 0 bridgehead atoms. The molecule has 0 aliphatic carbocycles. The lowest BCUT2D eigenvalue weighted by atomic mass is 10.2. The molecule has 0 heterocycles. The van der Waals surface area contributed by atoms with E-state index in [1.807, 2.05) is 36.4 Å². The summed E-state index contributed by atoms with van der Waals surface area (Å²) in [5, 5.41) is 7.63. The Kier molecular flexibility index (Phi) is 8.07. The monoisotopic (exact) mass is 291 g/mol. The largest absolute Gasteiger partial charge is 0.496 e. The standard InChI is InChI=1S/C15H21N3OS/c1-3-4-11-16-15(20)18-17-12-7-9-13-8-5-6-10-14(13)19-2/h5-10,12H,3-4,11H2,1-2H3,(H2,16,18,20)/b9-7+,17-12-. The van der Waals surface area contributed by atoms with Crippen LogP contribution >= 0.6 is 12.2 Å². The summed E-state index contributed by atoms with van der Waals surface area (Å²) in [6.45, 7) is 3.01. The van der Waals surface area contributed by atoms with E-state index in [0.29, 0.717) is 5.11 Å². The topological polar surface area (TPSA) is 45.7 Å². The van der Waals surface area contributed by atoms with Crippen LogP contribution in [0.3, 0.4) is 0 Å². The lowest BCUT2D eigenvalue weighted by molar-refractivity contribution is 0.414. The Bertz CT molecular complexity index is 472. The molecule has 5 heteroatoms. The van der Waals surface area contributed by atoms with Crippen LogP contribution < -0.4 is 15.5 Å². The molecule has 20 heavy (non-hydrogen) atoms. The summed E-state index contributed by atoms with van der Waals surface area (Å²) >= 11 is 5.07. The molecular weight excluding hydrogens is 270 g/mol. The molecule has 2 N–H and O–H groups in total. The lowest BCUT2D eigenvalue weighted by Gasteiger charge is -2.04. The summed E-state index contributed by atoms with van der Waals surface area (Å²) in [7, 11) is 1.66. The highest BCUT2D eigenvalue weighted by molar-refractivity contribution is 7.80. The van der Waals surface area contributed by atoms with Gasteiger partial charge in [-0.25, -0.2) is 0 Å². The van der Waals surface area contributed by atoms with Crippen molar-refractivity contribution >= 4 is 29.6 Å². The quantitative estimate of drug-likeness (QED) is 0.351. The number of allylic oxidation sites excluding steroid dienone is 1. The third kappa shape index (κ3) is 6.33. The molecule has 0 radical (unpaired) electrons. The van der Waals surface area contributed by atoms with Gasteiger partial charge in [0, 0.05) is 18.3 Å². The number of unbranched alkanes of at least 4 members (excludes halogenated alkanes) is 1. The molecule has 0 amide bonds. The molecule has 4 nitrogen and oxygen atoms in total. The minimum atomic E-state index is 0.542. The molecule has 0 saturated carbocycles. The van der Waals surface area contributed by atoms with Crippen LogP contribution in [0.1, 0.15) is 25.3 Å². The van der Waals surface area contributed by atoms with Crippen molar-refractivity contribution in [3.63, 3.8) is 0 Å². The average Bonchev–Trinajstić information content (AvgIpc) is 2.47. The van der Waals surface area contributed by atoms with Crippen molar-refractivity contribution in [1.29, 1.82) is 0 Å². The van der Waals surface area contributed by atoms with Gasteiger partial charge in [-0.05, 0) is 36.9 Å². The predicted molar refractivity (Wildman–Crippen MR) is 89.2 cm³/mol. The highest BCUT2D eigenvalue weighted by atomic mass is 32.1. The van der Waals surface area contributed by atoms with E-state index in [1.165, 1.54) is 0 Å². The molecule has 0 aliphatic rings. The van der Waals surface area contributed by atoms with E-state index in [-0.39, 0.29) is 0 Å². The van der Waals surface area contributed by atoms with Crippen LogP contribution in [-0.2, 0) is 0 Å². The zero-order valence-corrected chi connectivity index (χ0v) is 12.7. The number of methoxy groups -OCH3 is 1. The van der Waals surface area contributed by atoms with Gasteiger partial charge in [0.25, 0.3) is 0 Å². The second-order valence-corrected chi connectivity index (χ2v) is 4.51. The van der Waals surface area contributed by atoms with E-state index in [2.05, 4.69) is 22.8 Å². The summed E-state index contributed by atoms with van der Waals surface area (Å²) in [4.78, 5) is 0. The van der Waals surface area contributed by atoms with E-state index >= 15 is 0 Å². The van der Waals surface area contributed by atoms with Crippen LogP contribution in [0.25, 0.3) is 6.08 Å². The number of hydrogen-bond acceptors (Lipinski definition) is 3. The first-order chi connectivity index (χ1) is 9.77. The van der Waals surface area contributed by atoms with E-state index in [4.69, 9.17) is 17.0 Å². The zero-order valence-electron chi connectivity index (χ0n) is 11.9. The van der Waals surface area contributed by atoms with Crippen LogP contribution in [0.4, 0.5) is 0 Å². The Morgan fingerprint density at radius 2 is 2.20 bits per heavy atom. The van der Waals surface area contributed by atoms with Gasteiger partial charge in [-0.1, -0.05) is 31.5 Å². The second-order valence-electron chi connectivity index (χ2n) is 4.10. The van der Waals surface area contributed by atoms with Gasteiger partial charge in [0.05, 0.1) is 7.11 Å². The first-order valence-corrected chi connectivity index (χ1v) is 7.05. The van der Waals surface area contributed by atoms with Gasteiger partial charge in [-0.15, -0.1) is 0 Å². The van der Waals surface area contributed by atoms with E-state index in [1.54, 1.807) is 13.3 Å². The summed E-state index contributed by atoms with van der Waals surface area (Å²) in [5.74, 6) is 0.835. The number of benzene rings is 1. The molecule has 0 spiro atoms. The number of hydrazone groups is 1. The molecule has 108 valence electrons. The molecule has 1 rings (SSSR count). The van der Waals surface area contributed by atoms with Gasteiger partial charge < -0.3 is 10.1 Å². The second kappa shape index (κ2) is 9.97. The fourth-order valence-electron chi connectivity index (χ4n) is 1.51. The molecule has 0 fully saturated rings. The smallest absolute Gasteiger partial charge is 0.186 e. The highest BCUT2D eigenvalue weighted by Gasteiger charge is 1.95. The third-order valence-corrected chi connectivity index (χ3v) is 2.79. The lowest BCUT2D eigenvalue weighted by Crippen LogP contribution is -2.32. The van der Waals surface area contributed by atoms with E-state index < -0.39 is 0 Å². The number of thiocarbonyl (C=S) groups is 1. The molecule has 0 saturated heterocycles. The van der Waals surface area contributed by atoms with Crippen LogP contribution in [0.5, 0.6) is 5.75 Å². The van der Waals surface area contributed by atoms with Crippen molar-refractivity contribution in [1.82, 2.24) is 10.7 Å². The Hall–Kier alpha value is -1.88. The third-order valence-electron chi connectivity index (χ3n) is 2.56. The van der Waals surface area contributed by atoms with Gasteiger partial charge in [0.2, 0.25) is 0 Å². The number of nitrogens with one attached hydrogen (secondary N) is 2. The van der Waals surface area contributed by atoms with Crippen LogP contribution in [0, 0.1) is 0 Å². The first kappa shape index (κ1) is 16.2. The molecule has 0 unspecified atom stereocenters. The Balaban J connectivity index is 2.36. The fraction of sp³-hybridized carbons (Fsp3) is 0.333. The minimum absolute atomic E-state index is 0.542. The first-order valence-electron chi connectivity index (χ1n) is 6.64. The predicted octanol–water partition coefficient (Wildman–Crippen LogP) is 2.96. The van der Waals surface area contributed by atoms with Crippen molar-refractivity contribution in [3.05, 3.63) is 35.9 Å². The number of rotatable bonds is 7. The Morgan fingerprint density at radius 1 is 1.40 bits per heavy atom. The maximum Gasteiger partial charge on any atom is 0.186 e. The number of para-hydroxylation sites is 1. The number of nitrogens with zero attached hydrogens (tertiary/aromatic N) is 1. The van der Waals surface area contributed by atoms with Crippen molar-refractivity contribution in [3.8, 4) is 5.75 Å². The number of hydrogen-bond donors (Lipinski definition) is 2. The maximum absolute atomic E-state index is 5.25.